The molecule has 15 heavy (non-hydrogen) atoms. The van der Waals surface area contributed by atoms with Crippen LogP contribution in [0.4, 0.5) is 0 Å². The van der Waals surface area contributed by atoms with Crippen LogP contribution in [0.1, 0.15) is 10.4 Å². The molecular formula is C12H14N2O. The van der Waals surface area contributed by atoms with Gasteiger partial charge in [-0.1, -0.05) is 6.08 Å². The Morgan fingerprint density at radius 2 is 1.93 bits per heavy atom. The molecule has 3 nitrogen and oxygen atoms in total. The van der Waals surface area contributed by atoms with Crippen molar-refractivity contribution >= 4 is 5.78 Å². The van der Waals surface area contributed by atoms with Gasteiger partial charge >= 0.3 is 0 Å². The van der Waals surface area contributed by atoms with Crippen LogP contribution in [0, 0.1) is 0 Å². The zero-order chi connectivity index (χ0) is 11.1. The molecule has 0 aliphatic carbocycles. The van der Waals surface area contributed by atoms with Gasteiger partial charge in [-0.2, -0.15) is 0 Å². The molecule has 0 unspecified atom stereocenters. The van der Waals surface area contributed by atoms with Gasteiger partial charge in [0.15, 0.2) is 5.78 Å². The summed E-state index contributed by atoms with van der Waals surface area (Å²) < 4.78 is 0. The van der Waals surface area contributed by atoms with Crippen LogP contribution in [0.5, 0.6) is 0 Å². The average molecular weight is 202 g/mol. The van der Waals surface area contributed by atoms with E-state index in [9.17, 15) is 4.79 Å². The maximum atomic E-state index is 11.5. The lowest BCUT2D eigenvalue weighted by molar-refractivity contribution is 0.104. The van der Waals surface area contributed by atoms with Crippen LogP contribution in [0.15, 0.2) is 49.0 Å². The largest absolute Gasteiger partial charge is 0.383 e. The summed E-state index contributed by atoms with van der Waals surface area (Å²) in [5.74, 6) is -0.0131. The third kappa shape index (κ3) is 4.22. The van der Waals surface area contributed by atoms with E-state index in [1.807, 2.05) is 31.3 Å². The van der Waals surface area contributed by atoms with Crippen LogP contribution in [0.2, 0.25) is 0 Å². The van der Waals surface area contributed by atoms with Gasteiger partial charge in [0.2, 0.25) is 0 Å². The Bertz CT molecular complexity index is 366. The number of carbonyl (C=O) groups excluding carboxylic acids is 1. The summed E-state index contributed by atoms with van der Waals surface area (Å²) >= 11 is 0. The lowest BCUT2D eigenvalue weighted by Gasteiger charge is -2.00. The normalized spacial score (nSPS) is 11.1. The van der Waals surface area contributed by atoms with E-state index in [4.69, 9.17) is 0 Å². The Balaban J connectivity index is 2.57. The summed E-state index contributed by atoms with van der Waals surface area (Å²) in [6.45, 7) is 0. The van der Waals surface area contributed by atoms with Crippen molar-refractivity contribution in [1.29, 1.82) is 0 Å². The van der Waals surface area contributed by atoms with Crippen molar-refractivity contribution in [2.45, 2.75) is 0 Å². The average Bonchev–Trinajstić information content (AvgIpc) is 2.25. The summed E-state index contributed by atoms with van der Waals surface area (Å²) in [4.78, 5) is 17.3. The minimum Gasteiger partial charge on any atom is -0.383 e. The highest BCUT2D eigenvalue weighted by atomic mass is 16.1. The number of allylic oxidation sites excluding steroid dienone is 3. The van der Waals surface area contributed by atoms with Crippen molar-refractivity contribution < 1.29 is 4.79 Å². The van der Waals surface area contributed by atoms with Crippen LogP contribution >= 0.6 is 0 Å². The van der Waals surface area contributed by atoms with E-state index in [-0.39, 0.29) is 5.78 Å². The zero-order valence-corrected chi connectivity index (χ0v) is 8.92. The predicted molar refractivity (Wildman–Crippen MR) is 60.5 cm³/mol. The van der Waals surface area contributed by atoms with Gasteiger partial charge in [0.1, 0.15) is 0 Å². The monoisotopic (exact) mass is 202 g/mol. The number of aromatic nitrogens is 1. The quantitative estimate of drug-likeness (QED) is 0.424. The third-order valence-electron chi connectivity index (χ3n) is 1.71. The maximum Gasteiger partial charge on any atom is 0.185 e. The molecule has 0 saturated heterocycles. The topological polar surface area (TPSA) is 33.2 Å². The van der Waals surface area contributed by atoms with Gasteiger partial charge in [-0.25, -0.2) is 0 Å². The van der Waals surface area contributed by atoms with Gasteiger partial charge in [0, 0.05) is 32.1 Å². The lowest BCUT2D eigenvalue weighted by atomic mass is 10.2. The summed E-state index contributed by atoms with van der Waals surface area (Å²) in [6.07, 6.45) is 10.2. The Morgan fingerprint density at radius 3 is 2.53 bits per heavy atom. The number of pyridine rings is 1. The standard InChI is InChI=1S/C12H14N2O/c1-14(2)10-4-3-5-12(15)11-6-8-13-9-7-11/h3-10H,1-2H3. The second kappa shape index (κ2) is 5.75. The third-order valence-corrected chi connectivity index (χ3v) is 1.71. The molecule has 0 aliphatic heterocycles. The molecule has 0 atom stereocenters. The van der Waals surface area contributed by atoms with E-state index in [2.05, 4.69) is 4.98 Å². The molecule has 0 radical (unpaired) electrons. The SMILES string of the molecule is CN(C)C=CC=CC(=O)c1ccncc1. The first-order chi connectivity index (χ1) is 7.20. The van der Waals surface area contributed by atoms with Crippen molar-refractivity contribution in [1.82, 2.24) is 9.88 Å². The molecule has 0 fully saturated rings. The molecule has 3 heteroatoms. The van der Waals surface area contributed by atoms with Gasteiger partial charge in [-0.3, -0.25) is 9.78 Å². The van der Waals surface area contributed by atoms with Crippen LogP contribution < -0.4 is 0 Å². The van der Waals surface area contributed by atoms with Crippen LogP contribution in [0.25, 0.3) is 0 Å². The predicted octanol–water partition coefficient (Wildman–Crippen LogP) is 1.90. The van der Waals surface area contributed by atoms with Crippen LogP contribution in [0.3, 0.4) is 0 Å². The Kier molecular flexibility index (Phi) is 4.29. The second-order valence-electron chi connectivity index (χ2n) is 3.26. The molecule has 0 spiro atoms. The molecule has 1 aromatic rings. The Hall–Kier alpha value is -1.90. The van der Waals surface area contributed by atoms with E-state index in [1.54, 1.807) is 30.6 Å². The first kappa shape index (κ1) is 11.2. The van der Waals surface area contributed by atoms with Gasteiger partial charge in [-0.05, 0) is 30.5 Å². The highest BCUT2D eigenvalue weighted by molar-refractivity contribution is 6.04. The molecule has 0 saturated carbocycles. The fourth-order valence-electron chi connectivity index (χ4n) is 0.977. The van der Waals surface area contributed by atoms with E-state index in [1.165, 1.54) is 6.08 Å². The summed E-state index contributed by atoms with van der Waals surface area (Å²) in [6, 6.07) is 3.39. The molecule has 0 N–H and O–H groups in total. The molecule has 0 bridgehead atoms. The van der Waals surface area contributed by atoms with Crippen LogP contribution in [-0.2, 0) is 0 Å². The van der Waals surface area contributed by atoms with Crippen LogP contribution in [-0.4, -0.2) is 29.8 Å². The van der Waals surface area contributed by atoms with Gasteiger partial charge < -0.3 is 4.90 Å². The molecule has 0 aromatic carbocycles. The van der Waals surface area contributed by atoms with E-state index < -0.39 is 0 Å². The number of hydrogen-bond acceptors (Lipinski definition) is 3. The number of carbonyl (C=O) groups is 1. The minimum absolute atomic E-state index is 0.0131. The van der Waals surface area contributed by atoms with Crippen molar-refractivity contribution in [3.8, 4) is 0 Å². The number of nitrogens with zero attached hydrogens (tertiary/aromatic N) is 2. The van der Waals surface area contributed by atoms with Gasteiger partial charge in [-0.15, -0.1) is 0 Å². The molecular weight excluding hydrogens is 188 g/mol. The summed E-state index contributed by atoms with van der Waals surface area (Å²) in [5, 5.41) is 0. The number of hydrogen-bond donors (Lipinski definition) is 0. The first-order valence-electron chi connectivity index (χ1n) is 4.66. The number of ketones is 1. The number of rotatable bonds is 4. The Labute approximate surface area is 89.7 Å². The molecule has 1 rings (SSSR count). The second-order valence-corrected chi connectivity index (χ2v) is 3.26. The fraction of sp³-hybridized carbons (Fsp3) is 0.167. The van der Waals surface area contributed by atoms with Crippen molar-refractivity contribution in [3.63, 3.8) is 0 Å². The Morgan fingerprint density at radius 1 is 1.27 bits per heavy atom. The molecule has 0 aliphatic rings. The first-order valence-corrected chi connectivity index (χ1v) is 4.66. The highest BCUT2D eigenvalue weighted by Crippen LogP contribution is 1.98. The van der Waals surface area contributed by atoms with Crippen molar-refractivity contribution in [2.75, 3.05) is 14.1 Å². The van der Waals surface area contributed by atoms with Crippen molar-refractivity contribution in [3.05, 3.63) is 54.5 Å². The zero-order valence-electron chi connectivity index (χ0n) is 8.92. The molecule has 78 valence electrons. The summed E-state index contributed by atoms with van der Waals surface area (Å²) in [7, 11) is 3.85. The maximum absolute atomic E-state index is 11.5. The van der Waals surface area contributed by atoms with Crippen molar-refractivity contribution in [2.24, 2.45) is 0 Å². The minimum atomic E-state index is -0.0131. The lowest BCUT2D eigenvalue weighted by Crippen LogP contribution is -1.99. The smallest absolute Gasteiger partial charge is 0.185 e. The van der Waals surface area contributed by atoms with E-state index in [0.29, 0.717) is 5.56 Å². The molecule has 1 heterocycles. The van der Waals surface area contributed by atoms with Gasteiger partial charge in [0.05, 0.1) is 0 Å². The summed E-state index contributed by atoms with van der Waals surface area (Å²) in [5.41, 5.74) is 0.652. The van der Waals surface area contributed by atoms with E-state index in [0.717, 1.165) is 0 Å². The highest BCUT2D eigenvalue weighted by Gasteiger charge is 1.97. The van der Waals surface area contributed by atoms with Gasteiger partial charge in [0.25, 0.3) is 0 Å². The molecule has 1 aromatic heterocycles. The fourth-order valence-corrected chi connectivity index (χ4v) is 0.977. The van der Waals surface area contributed by atoms with E-state index >= 15 is 0 Å². The molecule has 0 amide bonds.